The molecule has 476 valence electrons. The van der Waals surface area contributed by atoms with Gasteiger partial charge in [0.25, 0.3) is 11.8 Å². The molecule has 0 radical (unpaired) electrons. The van der Waals surface area contributed by atoms with Crippen molar-refractivity contribution in [2.45, 2.75) is 123 Å². The highest BCUT2D eigenvalue weighted by atomic mass is 35.5. The molecule has 12 rings (SSSR count). The molecular weight excluding hydrogens is 1290 g/mol. The number of morpholine rings is 2. The van der Waals surface area contributed by atoms with Crippen LogP contribution in [0, 0.1) is 35.1 Å². The number of hydrogen-bond acceptors (Lipinski definition) is 10. The van der Waals surface area contributed by atoms with Crippen LogP contribution >= 0.6 is 46.4 Å². The van der Waals surface area contributed by atoms with E-state index in [0.29, 0.717) is 93.7 Å². The third-order valence-corrected chi connectivity index (χ3v) is 22.5. The van der Waals surface area contributed by atoms with Gasteiger partial charge >= 0.3 is 0 Å². The molecule has 8 atom stereocenters. The van der Waals surface area contributed by atoms with Crippen molar-refractivity contribution in [1.29, 1.82) is 0 Å². The maximum absolute atomic E-state index is 15.3. The Labute approximate surface area is 538 Å². The summed E-state index contributed by atoms with van der Waals surface area (Å²) in [6.07, 6.45) is -1.10. The zero-order chi connectivity index (χ0) is 64.1. The molecule has 6 aromatic rings. The van der Waals surface area contributed by atoms with Crippen molar-refractivity contribution in [2.24, 2.45) is 23.3 Å². The fraction of sp³-hybridized carbons (Fsp3) is 0.375. The van der Waals surface area contributed by atoms with Crippen molar-refractivity contribution in [3.05, 3.63) is 199 Å². The zero-order valence-electron chi connectivity index (χ0n) is 48.0. The Balaban J connectivity index is 0.000000185. The zero-order valence-corrected chi connectivity index (χ0v) is 52.6. The minimum absolute atomic E-state index is 0.192. The van der Waals surface area contributed by atoms with Crippen LogP contribution in [0.5, 0.6) is 0 Å². The number of rotatable bonds is 22. The van der Waals surface area contributed by atoms with Crippen LogP contribution in [-0.4, -0.2) is 98.1 Å². The summed E-state index contributed by atoms with van der Waals surface area (Å²) in [7, 11) is -8.40. The summed E-state index contributed by atoms with van der Waals surface area (Å²) in [5, 5.41) is 0.161. The van der Waals surface area contributed by atoms with E-state index >= 15 is 17.6 Å². The van der Waals surface area contributed by atoms with E-state index in [2.05, 4.69) is 0 Å². The second kappa shape index (κ2) is 26.6. The smallest absolute Gasteiger partial charge is 0.253 e. The van der Waals surface area contributed by atoms with Crippen LogP contribution in [0.25, 0.3) is 0 Å². The van der Waals surface area contributed by atoms with Crippen LogP contribution in [0.4, 0.5) is 28.9 Å². The van der Waals surface area contributed by atoms with Gasteiger partial charge in [0.15, 0.2) is 23.3 Å². The first kappa shape index (κ1) is 65.0. The SMILES string of the molecule is NC(=O)C[C@@H]1O[C@H](c2cccc(Cl)c2)[C@@H](c2ccc(Cl)cc2)N([C@H](CN(c2c(F)cccc2F)S(=O)(=O)C2CC2)C2CC2)C1=O.NC(=O)C[C@H]1O[C@H](c2cccc(Cl)c2)[C@@H](c2ccc(Cl)cc2)N([C@H](CN(c2c(F)cccc2F)S(=O)(=O)C2CC2)C2CC2)C1=O. The van der Waals surface area contributed by atoms with Gasteiger partial charge in [-0.2, -0.15) is 0 Å². The van der Waals surface area contributed by atoms with Crippen molar-refractivity contribution in [1.82, 2.24) is 9.80 Å². The number of hydrogen-bond donors (Lipinski definition) is 2. The Bertz CT molecular complexity index is 3650. The van der Waals surface area contributed by atoms with Crippen LogP contribution in [0.1, 0.15) is 111 Å². The van der Waals surface area contributed by atoms with E-state index in [9.17, 15) is 36.0 Å². The summed E-state index contributed by atoms with van der Waals surface area (Å²) < 4.78 is 131. The van der Waals surface area contributed by atoms with Gasteiger partial charge < -0.3 is 30.7 Å². The average Bonchev–Trinajstić information content (AvgIpc) is 0.867. The molecule has 2 saturated heterocycles. The van der Waals surface area contributed by atoms with E-state index in [1.54, 1.807) is 97.1 Å². The number of sulfonamides is 2. The quantitative estimate of drug-likeness (QED) is 0.0612. The minimum Gasteiger partial charge on any atom is -0.370 e. The van der Waals surface area contributed by atoms with Crippen molar-refractivity contribution in [2.75, 3.05) is 21.7 Å². The maximum atomic E-state index is 15.3. The third kappa shape index (κ3) is 14.1. The molecule has 6 fully saturated rings. The van der Waals surface area contributed by atoms with Crippen molar-refractivity contribution < 1.29 is 63.0 Å². The first-order valence-electron chi connectivity index (χ1n) is 29.4. The number of carbonyl (C=O) groups excluding carboxylic acids is 4. The third-order valence-electron chi connectivity index (χ3n) is 17.0. The maximum Gasteiger partial charge on any atom is 0.253 e. The molecule has 0 bridgehead atoms. The molecule has 6 aliphatic rings. The highest BCUT2D eigenvalue weighted by Crippen LogP contribution is 2.52. The summed E-state index contributed by atoms with van der Waals surface area (Å²) in [5.74, 6) is -7.19. The normalized spacial score (nSPS) is 22.7. The van der Waals surface area contributed by atoms with Gasteiger partial charge in [-0.25, -0.2) is 34.4 Å². The first-order valence-corrected chi connectivity index (χ1v) is 33.9. The number of nitrogens with zero attached hydrogens (tertiary/aromatic N) is 4. The van der Waals surface area contributed by atoms with Crippen molar-refractivity contribution in [3.8, 4) is 0 Å². The van der Waals surface area contributed by atoms with E-state index in [1.165, 1.54) is 21.9 Å². The molecule has 6 aromatic carbocycles. The Morgan fingerprint density at radius 2 is 0.800 bits per heavy atom. The molecule has 2 aliphatic heterocycles. The van der Waals surface area contributed by atoms with Crippen LogP contribution in [-0.2, 0) is 48.7 Å². The standard InChI is InChI=1S/2C32H31Cl2F2N3O5S/c2*33-21-11-9-19(10-12-21)29-31(20-3-1-4-22(34)15-20)44-27(16-28(37)40)32(41)39(29)26(18-7-8-18)17-38(45(42,43)23-13-14-23)30-24(35)5-2-6-25(30)36/h2*1-6,9-12,15,18,23,26-27,29,31H,7-8,13-14,16-17H2,(H2,37,40)/t26-,27+,29-,31-;26-,27-,29-,31-/m11/s1. The molecule has 4 saturated carbocycles. The Morgan fingerprint density at radius 3 is 1.09 bits per heavy atom. The molecule has 0 spiro atoms. The lowest BCUT2D eigenvalue weighted by molar-refractivity contribution is -0.181. The number of para-hydroxylation sites is 2. The number of nitrogens with two attached hydrogens (primary N) is 2. The second-order valence-electron chi connectivity index (χ2n) is 23.5. The molecule has 4 amide bonds. The summed E-state index contributed by atoms with van der Waals surface area (Å²) in [6, 6.07) is 30.4. The summed E-state index contributed by atoms with van der Waals surface area (Å²) in [4.78, 5) is 56.2. The summed E-state index contributed by atoms with van der Waals surface area (Å²) >= 11 is 25.2. The topological polar surface area (TPSA) is 220 Å². The Kier molecular flexibility index (Phi) is 19.2. The van der Waals surface area contributed by atoms with Crippen molar-refractivity contribution in [3.63, 3.8) is 0 Å². The molecular formula is C64H62Cl4F4N6O10S2. The fourth-order valence-electron chi connectivity index (χ4n) is 12.2. The lowest BCUT2D eigenvalue weighted by Crippen LogP contribution is -2.59. The lowest BCUT2D eigenvalue weighted by atomic mass is 9.89. The predicted octanol–water partition coefficient (Wildman–Crippen LogP) is 11.9. The number of carbonyl (C=O) groups is 4. The van der Waals surface area contributed by atoms with Gasteiger partial charge in [-0.05, 0) is 158 Å². The van der Waals surface area contributed by atoms with Crippen molar-refractivity contribution >= 4 is 101 Å². The van der Waals surface area contributed by atoms with Crippen LogP contribution in [0.3, 0.4) is 0 Å². The molecule has 90 heavy (non-hydrogen) atoms. The lowest BCUT2D eigenvalue weighted by Gasteiger charge is -2.49. The predicted molar refractivity (Wildman–Crippen MR) is 332 cm³/mol. The van der Waals surface area contributed by atoms with Crippen LogP contribution < -0.4 is 20.1 Å². The number of ether oxygens (including phenoxy) is 2. The van der Waals surface area contributed by atoms with E-state index in [4.69, 9.17) is 67.3 Å². The minimum atomic E-state index is -4.20. The summed E-state index contributed by atoms with van der Waals surface area (Å²) in [5.41, 5.74) is 12.2. The Morgan fingerprint density at radius 1 is 0.478 bits per heavy atom. The van der Waals surface area contributed by atoms with E-state index in [1.807, 2.05) is 0 Å². The monoisotopic (exact) mass is 1350 g/mol. The van der Waals surface area contributed by atoms with Gasteiger partial charge in [-0.15, -0.1) is 0 Å². The van der Waals surface area contributed by atoms with Gasteiger partial charge in [0, 0.05) is 20.1 Å². The van der Waals surface area contributed by atoms with Gasteiger partial charge in [-0.3, -0.25) is 27.8 Å². The van der Waals surface area contributed by atoms with Crippen LogP contribution in [0.15, 0.2) is 133 Å². The molecule has 0 aromatic heterocycles. The van der Waals surface area contributed by atoms with E-state index in [-0.39, 0.29) is 11.8 Å². The van der Waals surface area contributed by atoms with Gasteiger partial charge in [0.2, 0.25) is 31.9 Å². The second-order valence-corrected chi connectivity index (χ2v) is 29.5. The molecule has 2 heterocycles. The molecule has 26 heteroatoms. The van der Waals surface area contributed by atoms with Gasteiger partial charge in [0.1, 0.15) is 35.8 Å². The molecule has 4 N–H and O–H groups in total. The molecule has 4 aliphatic carbocycles. The highest BCUT2D eigenvalue weighted by Gasteiger charge is 2.55. The fourth-order valence-corrected chi connectivity index (χ4v) is 16.6. The number of amides is 4. The number of halogens is 8. The van der Waals surface area contributed by atoms with E-state index in [0.717, 1.165) is 32.9 Å². The first-order chi connectivity index (χ1) is 42.9. The number of benzene rings is 6. The van der Waals surface area contributed by atoms with Gasteiger partial charge in [-0.1, -0.05) is 107 Å². The summed E-state index contributed by atoms with van der Waals surface area (Å²) in [6.45, 7) is -0.800. The van der Waals surface area contributed by atoms with Gasteiger partial charge in [0.05, 0.1) is 60.6 Å². The molecule has 16 nitrogen and oxygen atoms in total. The van der Waals surface area contributed by atoms with Crippen LogP contribution in [0.2, 0.25) is 20.1 Å². The largest absolute Gasteiger partial charge is 0.370 e. The highest BCUT2D eigenvalue weighted by molar-refractivity contribution is 7.94. The van der Waals surface area contributed by atoms with E-state index < -0.39 is 163 Å². The average molecular weight is 1360 g/mol. The number of anilines is 2. The number of primary amides is 2. The molecule has 0 unspecified atom stereocenters. The Hall–Kier alpha value is -6.50.